The number of likely N-dealkylation sites (tertiary alicyclic amines) is 1. The SMILES string of the molecule is O=C(C1CCN(c2ncc(Cl)cc2F)CC1)N1CCC(F)(F)CC1. The van der Waals surface area contributed by atoms with Crippen molar-refractivity contribution < 1.29 is 18.0 Å². The molecule has 2 fully saturated rings. The Hall–Kier alpha value is -1.50. The summed E-state index contributed by atoms with van der Waals surface area (Å²) in [5.74, 6) is -3.15. The molecular weight excluding hydrogens is 343 g/mol. The largest absolute Gasteiger partial charge is 0.354 e. The van der Waals surface area contributed by atoms with Crippen LogP contribution in [0.1, 0.15) is 25.7 Å². The highest BCUT2D eigenvalue weighted by Crippen LogP contribution is 2.30. The van der Waals surface area contributed by atoms with Gasteiger partial charge in [-0.3, -0.25) is 4.79 Å². The van der Waals surface area contributed by atoms with Crippen LogP contribution in [0.2, 0.25) is 5.02 Å². The molecule has 3 rings (SSSR count). The zero-order valence-electron chi connectivity index (χ0n) is 13.2. The van der Waals surface area contributed by atoms with Crippen molar-refractivity contribution in [1.29, 1.82) is 0 Å². The van der Waals surface area contributed by atoms with E-state index in [1.54, 1.807) is 9.80 Å². The van der Waals surface area contributed by atoms with Crippen molar-refractivity contribution in [3.05, 3.63) is 23.1 Å². The highest BCUT2D eigenvalue weighted by atomic mass is 35.5. The molecule has 1 aromatic heterocycles. The van der Waals surface area contributed by atoms with Crippen LogP contribution in [0.25, 0.3) is 0 Å². The van der Waals surface area contributed by atoms with Gasteiger partial charge < -0.3 is 9.80 Å². The summed E-state index contributed by atoms with van der Waals surface area (Å²) in [6, 6.07) is 1.22. The Bertz CT molecular complexity index is 611. The second-order valence-corrected chi connectivity index (χ2v) is 6.84. The minimum Gasteiger partial charge on any atom is -0.354 e. The highest BCUT2D eigenvalue weighted by molar-refractivity contribution is 6.30. The maximum absolute atomic E-state index is 13.9. The van der Waals surface area contributed by atoms with Crippen LogP contribution in [0.5, 0.6) is 0 Å². The molecule has 1 amide bonds. The van der Waals surface area contributed by atoms with Crippen LogP contribution in [0.4, 0.5) is 19.0 Å². The van der Waals surface area contributed by atoms with E-state index in [0.29, 0.717) is 25.9 Å². The predicted octanol–water partition coefficient (Wildman–Crippen LogP) is 3.35. The number of aromatic nitrogens is 1. The number of rotatable bonds is 2. The third kappa shape index (κ3) is 3.77. The van der Waals surface area contributed by atoms with Crippen LogP contribution in [-0.4, -0.2) is 47.9 Å². The number of nitrogens with zero attached hydrogens (tertiary/aromatic N) is 3. The molecule has 2 aliphatic heterocycles. The van der Waals surface area contributed by atoms with E-state index >= 15 is 0 Å². The predicted molar refractivity (Wildman–Crippen MR) is 84.9 cm³/mol. The van der Waals surface area contributed by atoms with E-state index in [1.165, 1.54) is 12.3 Å². The van der Waals surface area contributed by atoms with Crippen molar-refractivity contribution in [2.24, 2.45) is 5.92 Å². The quantitative estimate of drug-likeness (QED) is 0.810. The zero-order valence-corrected chi connectivity index (χ0v) is 13.9. The third-order valence-electron chi connectivity index (χ3n) is 4.74. The molecule has 8 heteroatoms. The number of amides is 1. The van der Waals surface area contributed by atoms with Crippen molar-refractivity contribution in [3.8, 4) is 0 Å². The van der Waals surface area contributed by atoms with Crippen LogP contribution in [0, 0.1) is 11.7 Å². The first-order chi connectivity index (χ1) is 11.4. The summed E-state index contributed by atoms with van der Waals surface area (Å²) >= 11 is 5.70. The van der Waals surface area contributed by atoms with Crippen LogP contribution >= 0.6 is 11.6 Å². The second kappa shape index (κ2) is 6.78. The van der Waals surface area contributed by atoms with Gasteiger partial charge in [-0.15, -0.1) is 0 Å². The Morgan fingerprint density at radius 2 is 1.83 bits per heavy atom. The van der Waals surface area contributed by atoms with Crippen molar-refractivity contribution in [2.75, 3.05) is 31.1 Å². The Morgan fingerprint density at radius 1 is 1.21 bits per heavy atom. The molecule has 0 unspecified atom stereocenters. The number of hydrogen-bond donors (Lipinski definition) is 0. The van der Waals surface area contributed by atoms with Gasteiger partial charge >= 0.3 is 0 Å². The van der Waals surface area contributed by atoms with Gasteiger partial charge in [0, 0.05) is 51.1 Å². The van der Waals surface area contributed by atoms with Crippen LogP contribution in [0.15, 0.2) is 12.3 Å². The van der Waals surface area contributed by atoms with E-state index in [-0.39, 0.29) is 48.6 Å². The highest BCUT2D eigenvalue weighted by Gasteiger charge is 2.38. The van der Waals surface area contributed by atoms with Crippen LogP contribution in [-0.2, 0) is 4.79 Å². The van der Waals surface area contributed by atoms with Crippen LogP contribution in [0.3, 0.4) is 0 Å². The maximum Gasteiger partial charge on any atom is 0.251 e. The zero-order chi connectivity index (χ0) is 17.3. The van der Waals surface area contributed by atoms with Gasteiger partial charge in [-0.05, 0) is 18.9 Å². The minimum absolute atomic E-state index is 0.0605. The molecule has 0 N–H and O–H groups in total. The topological polar surface area (TPSA) is 36.4 Å². The Balaban J connectivity index is 1.56. The molecule has 132 valence electrons. The van der Waals surface area contributed by atoms with Gasteiger partial charge in [-0.25, -0.2) is 18.2 Å². The van der Waals surface area contributed by atoms with Gasteiger partial charge in [-0.2, -0.15) is 0 Å². The third-order valence-corrected chi connectivity index (χ3v) is 4.95. The molecule has 0 atom stereocenters. The number of alkyl halides is 2. The number of carbonyl (C=O) groups excluding carboxylic acids is 1. The standard InChI is InChI=1S/C16H19ClF3N3O/c17-12-9-13(18)14(21-10-12)22-5-1-11(2-6-22)15(24)23-7-3-16(19,20)4-8-23/h9-11H,1-8H2. The summed E-state index contributed by atoms with van der Waals surface area (Å²) in [5, 5.41) is 0.239. The molecule has 0 bridgehead atoms. The first-order valence-corrected chi connectivity index (χ1v) is 8.46. The fourth-order valence-corrected chi connectivity index (χ4v) is 3.44. The van der Waals surface area contributed by atoms with Crippen molar-refractivity contribution in [1.82, 2.24) is 9.88 Å². The molecule has 0 aliphatic carbocycles. The number of piperidine rings is 2. The molecule has 0 saturated carbocycles. The van der Waals surface area contributed by atoms with Gasteiger partial charge in [0.05, 0.1) is 5.02 Å². The normalized spacial score (nSPS) is 21.8. The van der Waals surface area contributed by atoms with Gasteiger partial charge in [0.25, 0.3) is 5.92 Å². The number of carbonyl (C=O) groups is 1. The molecule has 1 aromatic rings. The molecule has 0 radical (unpaired) electrons. The fourth-order valence-electron chi connectivity index (χ4n) is 3.29. The summed E-state index contributed by atoms with van der Waals surface area (Å²) < 4.78 is 40.3. The number of halogens is 4. The van der Waals surface area contributed by atoms with Crippen molar-refractivity contribution in [3.63, 3.8) is 0 Å². The Labute approximate surface area is 143 Å². The van der Waals surface area contributed by atoms with Gasteiger partial charge in [0.15, 0.2) is 11.6 Å². The lowest BCUT2D eigenvalue weighted by atomic mass is 9.94. The van der Waals surface area contributed by atoms with E-state index in [1.807, 2.05) is 0 Å². The average Bonchev–Trinajstić information content (AvgIpc) is 2.54. The number of anilines is 1. The van der Waals surface area contributed by atoms with Crippen LogP contribution < -0.4 is 4.90 Å². The second-order valence-electron chi connectivity index (χ2n) is 6.40. The lowest BCUT2D eigenvalue weighted by Gasteiger charge is -2.37. The molecule has 2 saturated heterocycles. The summed E-state index contributed by atoms with van der Waals surface area (Å²) in [6.45, 7) is 1.23. The fraction of sp³-hybridized carbons (Fsp3) is 0.625. The maximum atomic E-state index is 13.9. The number of pyridine rings is 1. The van der Waals surface area contributed by atoms with Gasteiger partial charge in [-0.1, -0.05) is 11.6 Å². The average molecular weight is 362 g/mol. The monoisotopic (exact) mass is 361 g/mol. The Kier molecular flexibility index (Phi) is 4.90. The Morgan fingerprint density at radius 3 is 2.42 bits per heavy atom. The first kappa shape index (κ1) is 17.3. The van der Waals surface area contributed by atoms with E-state index in [2.05, 4.69) is 4.98 Å². The molecule has 0 spiro atoms. The summed E-state index contributed by atoms with van der Waals surface area (Å²) in [7, 11) is 0. The smallest absolute Gasteiger partial charge is 0.251 e. The molecule has 0 aromatic carbocycles. The first-order valence-electron chi connectivity index (χ1n) is 8.08. The van der Waals surface area contributed by atoms with Crippen molar-refractivity contribution >= 4 is 23.3 Å². The number of hydrogen-bond acceptors (Lipinski definition) is 3. The van der Waals surface area contributed by atoms with E-state index < -0.39 is 11.7 Å². The summed E-state index contributed by atoms with van der Waals surface area (Å²) in [6.07, 6.45) is 1.99. The molecule has 3 heterocycles. The van der Waals surface area contributed by atoms with E-state index in [9.17, 15) is 18.0 Å². The van der Waals surface area contributed by atoms with E-state index in [0.717, 1.165) is 0 Å². The molecule has 2 aliphatic rings. The van der Waals surface area contributed by atoms with E-state index in [4.69, 9.17) is 11.6 Å². The van der Waals surface area contributed by atoms with Gasteiger partial charge in [0.2, 0.25) is 5.91 Å². The van der Waals surface area contributed by atoms with Gasteiger partial charge in [0.1, 0.15) is 0 Å². The lowest BCUT2D eigenvalue weighted by molar-refractivity contribution is -0.142. The minimum atomic E-state index is -2.65. The molecular formula is C16H19ClF3N3O. The summed E-state index contributed by atoms with van der Waals surface area (Å²) in [4.78, 5) is 19.8. The molecule has 24 heavy (non-hydrogen) atoms. The molecule has 4 nitrogen and oxygen atoms in total. The summed E-state index contributed by atoms with van der Waals surface area (Å²) in [5.41, 5.74) is 0. The lowest BCUT2D eigenvalue weighted by Crippen LogP contribution is -2.47. The van der Waals surface area contributed by atoms with Crippen molar-refractivity contribution in [2.45, 2.75) is 31.6 Å².